The first-order chi connectivity index (χ1) is 8.36. The van der Waals surface area contributed by atoms with E-state index in [0.29, 0.717) is 0 Å². The van der Waals surface area contributed by atoms with Gasteiger partial charge in [0.15, 0.2) is 0 Å². The lowest BCUT2D eigenvalue weighted by Crippen LogP contribution is -2.42. The molecule has 0 spiro atoms. The normalized spacial score (nSPS) is 12.3. The molecule has 0 aliphatic rings. The number of carbonyl (C=O) groups excluding carboxylic acids is 1. The second kappa shape index (κ2) is 5.44. The highest BCUT2D eigenvalue weighted by atomic mass is 19.1. The number of pyridine rings is 1. The summed E-state index contributed by atoms with van der Waals surface area (Å²) in [5.74, 6) is -0.952. The molecule has 18 heavy (non-hydrogen) atoms. The Morgan fingerprint density at radius 3 is 2.78 bits per heavy atom. The van der Waals surface area contributed by atoms with Crippen molar-refractivity contribution >= 4 is 11.7 Å². The molecule has 0 saturated heterocycles. The molecule has 0 aliphatic heterocycles. The summed E-state index contributed by atoms with van der Waals surface area (Å²) in [4.78, 5) is 15.3. The van der Waals surface area contributed by atoms with Crippen molar-refractivity contribution in [1.29, 1.82) is 0 Å². The lowest BCUT2D eigenvalue weighted by molar-refractivity contribution is 0.0939. The Bertz CT molecular complexity index is 457. The zero-order valence-electron chi connectivity index (χ0n) is 10.1. The van der Waals surface area contributed by atoms with Gasteiger partial charge in [-0.3, -0.25) is 4.79 Å². The minimum absolute atomic E-state index is 0.00913. The van der Waals surface area contributed by atoms with Crippen LogP contribution in [0.4, 0.5) is 4.39 Å². The van der Waals surface area contributed by atoms with Crippen LogP contribution < -0.4 is 11.1 Å². The summed E-state index contributed by atoms with van der Waals surface area (Å²) in [6.45, 7) is 3.58. The summed E-state index contributed by atoms with van der Waals surface area (Å²) in [5, 5.41) is 14.1. The van der Waals surface area contributed by atoms with Gasteiger partial charge in [0.2, 0.25) is 0 Å². The Balaban J connectivity index is 2.64. The molecule has 4 N–H and O–H groups in total. The van der Waals surface area contributed by atoms with E-state index >= 15 is 0 Å². The quantitative estimate of drug-likeness (QED) is 0.319. The molecule has 7 heteroatoms. The molecule has 0 atom stereocenters. The minimum atomic E-state index is -0.690. The number of amides is 1. The van der Waals surface area contributed by atoms with Crippen molar-refractivity contribution in [2.75, 3.05) is 6.54 Å². The fourth-order valence-corrected chi connectivity index (χ4v) is 1.13. The van der Waals surface area contributed by atoms with Crippen molar-refractivity contribution in [3.8, 4) is 0 Å². The van der Waals surface area contributed by atoms with Crippen molar-refractivity contribution < 1.29 is 14.4 Å². The van der Waals surface area contributed by atoms with Gasteiger partial charge in [0, 0.05) is 12.0 Å². The zero-order valence-corrected chi connectivity index (χ0v) is 10.1. The molecule has 1 aromatic rings. The third kappa shape index (κ3) is 3.41. The topological polar surface area (TPSA) is 101 Å². The Morgan fingerprint density at radius 2 is 2.28 bits per heavy atom. The lowest BCUT2D eigenvalue weighted by Gasteiger charge is -2.22. The molecule has 1 heterocycles. The summed E-state index contributed by atoms with van der Waals surface area (Å²) >= 11 is 0. The average Bonchev–Trinajstić information content (AvgIpc) is 2.35. The number of nitrogens with zero attached hydrogens (tertiary/aromatic N) is 2. The van der Waals surface area contributed by atoms with Crippen LogP contribution >= 0.6 is 0 Å². The molecule has 0 unspecified atom stereocenters. The summed E-state index contributed by atoms with van der Waals surface area (Å²) in [7, 11) is 0. The molecule has 0 saturated carbocycles. The Hall–Kier alpha value is -2.18. The number of halogens is 1. The monoisotopic (exact) mass is 254 g/mol. The number of amidine groups is 1. The molecule has 0 fully saturated rings. The number of nitrogens with two attached hydrogens (primary N) is 1. The maximum atomic E-state index is 12.6. The first-order valence-corrected chi connectivity index (χ1v) is 5.24. The fraction of sp³-hybridized carbons (Fsp3) is 0.364. The van der Waals surface area contributed by atoms with Crippen molar-refractivity contribution in [2.45, 2.75) is 13.8 Å². The fourth-order valence-electron chi connectivity index (χ4n) is 1.13. The third-order valence-corrected chi connectivity index (χ3v) is 2.45. The van der Waals surface area contributed by atoms with E-state index in [9.17, 15) is 9.18 Å². The van der Waals surface area contributed by atoms with E-state index in [1.54, 1.807) is 13.8 Å². The van der Waals surface area contributed by atoms with Gasteiger partial charge in [0.05, 0.1) is 6.20 Å². The number of hydrogen-bond donors (Lipinski definition) is 3. The molecule has 1 rings (SSSR count). The van der Waals surface area contributed by atoms with Crippen LogP contribution in [0.2, 0.25) is 0 Å². The van der Waals surface area contributed by atoms with Gasteiger partial charge in [0.1, 0.15) is 17.3 Å². The minimum Gasteiger partial charge on any atom is -0.409 e. The Kier molecular flexibility index (Phi) is 4.19. The first kappa shape index (κ1) is 13.9. The van der Waals surface area contributed by atoms with Gasteiger partial charge in [-0.25, -0.2) is 9.37 Å². The van der Waals surface area contributed by atoms with Crippen LogP contribution in [0.3, 0.4) is 0 Å². The number of oxime groups is 1. The van der Waals surface area contributed by atoms with Crippen LogP contribution in [0.15, 0.2) is 23.5 Å². The highest BCUT2D eigenvalue weighted by Crippen LogP contribution is 2.13. The van der Waals surface area contributed by atoms with Crippen LogP contribution in [0.5, 0.6) is 0 Å². The van der Waals surface area contributed by atoms with E-state index in [-0.39, 0.29) is 18.1 Å². The van der Waals surface area contributed by atoms with E-state index in [2.05, 4.69) is 15.5 Å². The third-order valence-electron chi connectivity index (χ3n) is 2.45. The number of carbonyl (C=O) groups is 1. The molecular weight excluding hydrogens is 239 g/mol. The van der Waals surface area contributed by atoms with E-state index in [4.69, 9.17) is 10.9 Å². The second-order valence-electron chi connectivity index (χ2n) is 4.41. The molecule has 0 bridgehead atoms. The maximum absolute atomic E-state index is 12.6. The second-order valence-corrected chi connectivity index (χ2v) is 4.41. The highest BCUT2D eigenvalue weighted by Gasteiger charge is 2.24. The largest absolute Gasteiger partial charge is 0.409 e. The van der Waals surface area contributed by atoms with Gasteiger partial charge in [-0.1, -0.05) is 19.0 Å². The van der Waals surface area contributed by atoms with E-state index in [1.165, 1.54) is 6.07 Å². The van der Waals surface area contributed by atoms with Crippen molar-refractivity contribution in [1.82, 2.24) is 10.3 Å². The Labute approximate surface area is 104 Å². The van der Waals surface area contributed by atoms with E-state index in [1.807, 2.05) is 0 Å². The maximum Gasteiger partial charge on any atom is 0.269 e. The van der Waals surface area contributed by atoms with Gasteiger partial charge < -0.3 is 16.3 Å². The standard InChI is InChI=1S/C11H15FN4O2/c1-11(2,10(13)16-18)6-15-9(17)8-4-3-7(12)5-14-8/h3-5,18H,6H2,1-2H3,(H2,13,16)(H,15,17). The van der Waals surface area contributed by atoms with E-state index in [0.717, 1.165) is 12.3 Å². The number of aromatic nitrogens is 1. The number of nitrogens with one attached hydrogen (secondary N) is 1. The molecule has 0 aliphatic carbocycles. The van der Waals surface area contributed by atoms with Crippen LogP contribution in [0.1, 0.15) is 24.3 Å². The van der Waals surface area contributed by atoms with Gasteiger partial charge in [-0.2, -0.15) is 0 Å². The SMILES string of the molecule is CC(C)(CNC(=O)c1ccc(F)cn1)/C(N)=N/O. The molecule has 1 amide bonds. The lowest BCUT2D eigenvalue weighted by atomic mass is 9.92. The summed E-state index contributed by atoms with van der Waals surface area (Å²) in [6, 6.07) is 2.43. The molecular formula is C11H15FN4O2. The van der Waals surface area contributed by atoms with Crippen LogP contribution in [-0.2, 0) is 0 Å². The molecule has 6 nitrogen and oxygen atoms in total. The van der Waals surface area contributed by atoms with Gasteiger partial charge in [-0.05, 0) is 12.1 Å². The predicted octanol–water partition coefficient (Wildman–Crippen LogP) is 0.723. The molecule has 1 aromatic heterocycles. The van der Waals surface area contributed by atoms with E-state index < -0.39 is 17.1 Å². The number of rotatable bonds is 4. The highest BCUT2D eigenvalue weighted by molar-refractivity contribution is 5.93. The van der Waals surface area contributed by atoms with Gasteiger partial charge >= 0.3 is 0 Å². The average molecular weight is 254 g/mol. The molecule has 0 aromatic carbocycles. The van der Waals surface area contributed by atoms with Crippen LogP contribution in [-0.4, -0.2) is 28.5 Å². The van der Waals surface area contributed by atoms with Gasteiger partial charge in [-0.15, -0.1) is 0 Å². The van der Waals surface area contributed by atoms with Gasteiger partial charge in [0.25, 0.3) is 5.91 Å². The van der Waals surface area contributed by atoms with Crippen molar-refractivity contribution in [2.24, 2.45) is 16.3 Å². The summed E-state index contributed by atoms with van der Waals surface area (Å²) < 4.78 is 12.6. The molecule has 0 radical (unpaired) electrons. The Morgan fingerprint density at radius 1 is 1.61 bits per heavy atom. The van der Waals surface area contributed by atoms with Crippen molar-refractivity contribution in [3.63, 3.8) is 0 Å². The summed E-state index contributed by atoms with van der Waals surface area (Å²) in [6.07, 6.45) is 0.962. The van der Waals surface area contributed by atoms with Crippen LogP contribution in [0, 0.1) is 11.2 Å². The first-order valence-electron chi connectivity index (χ1n) is 5.24. The molecule has 98 valence electrons. The van der Waals surface area contributed by atoms with Crippen LogP contribution in [0.25, 0.3) is 0 Å². The number of hydrogen-bond acceptors (Lipinski definition) is 4. The smallest absolute Gasteiger partial charge is 0.269 e. The predicted molar refractivity (Wildman–Crippen MR) is 63.7 cm³/mol. The zero-order chi connectivity index (χ0) is 13.8. The van der Waals surface area contributed by atoms with Crippen molar-refractivity contribution in [3.05, 3.63) is 29.8 Å². The summed E-state index contributed by atoms with van der Waals surface area (Å²) in [5.41, 5.74) is 4.89.